The minimum absolute atomic E-state index is 0.152. The highest BCUT2D eigenvalue weighted by atomic mass is 16.5. The summed E-state index contributed by atoms with van der Waals surface area (Å²) in [5.41, 5.74) is 0. The molecule has 0 aromatic carbocycles. The van der Waals surface area contributed by atoms with Gasteiger partial charge in [0.25, 0.3) is 5.91 Å². The summed E-state index contributed by atoms with van der Waals surface area (Å²) >= 11 is 0. The van der Waals surface area contributed by atoms with E-state index >= 15 is 0 Å². The van der Waals surface area contributed by atoms with Crippen LogP contribution >= 0.6 is 0 Å². The van der Waals surface area contributed by atoms with Crippen LogP contribution in [0.2, 0.25) is 0 Å². The van der Waals surface area contributed by atoms with Crippen molar-refractivity contribution < 1.29 is 28.7 Å². The Balaban J connectivity index is 1.79. The van der Waals surface area contributed by atoms with E-state index in [9.17, 15) is 24.0 Å². The first-order valence-electron chi connectivity index (χ1n) is 8.05. The fourth-order valence-electron chi connectivity index (χ4n) is 2.81. The van der Waals surface area contributed by atoms with E-state index in [0.717, 1.165) is 4.90 Å². The maximum absolute atomic E-state index is 12.2. The molecule has 136 valence electrons. The van der Waals surface area contributed by atoms with Crippen molar-refractivity contribution in [1.82, 2.24) is 15.5 Å². The minimum atomic E-state index is -0.882. The van der Waals surface area contributed by atoms with Crippen molar-refractivity contribution >= 4 is 29.7 Å². The van der Waals surface area contributed by atoms with E-state index in [4.69, 9.17) is 4.74 Å². The number of allylic oxidation sites excluding steroid dienone is 2. The quantitative estimate of drug-likeness (QED) is 0.399. The van der Waals surface area contributed by atoms with Gasteiger partial charge in [0.15, 0.2) is 6.61 Å². The molecule has 0 spiro atoms. The van der Waals surface area contributed by atoms with Gasteiger partial charge < -0.3 is 10.1 Å². The number of amides is 5. The second-order valence-corrected chi connectivity index (χ2v) is 6.26. The van der Waals surface area contributed by atoms with Crippen LogP contribution in [0.3, 0.4) is 0 Å². The molecule has 1 heterocycles. The number of urea groups is 1. The van der Waals surface area contributed by atoms with Crippen molar-refractivity contribution in [3.8, 4) is 0 Å². The predicted molar refractivity (Wildman–Crippen MR) is 84.8 cm³/mol. The lowest BCUT2D eigenvalue weighted by Gasteiger charge is -2.14. The molecule has 1 fully saturated rings. The van der Waals surface area contributed by atoms with Crippen molar-refractivity contribution in [3.63, 3.8) is 0 Å². The molecular weight excluding hydrogens is 330 g/mol. The Labute approximate surface area is 144 Å². The summed E-state index contributed by atoms with van der Waals surface area (Å²) in [7, 11) is 0. The second-order valence-electron chi connectivity index (χ2n) is 6.26. The highest BCUT2D eigenvalue weighted by molar-refractivity contribution is 6.07. The fourth-order valence-corrected chi connectivity index (χ4v) is 2.81. The van der Waals surface area contributed by atoms with E-state index in [0.29, 0.717) is 12.8 Å². The van der Waals surface area contributed by atoms with Gasteiger partial charge in [-0.2, -0.15) is 0 Å². The second kappa shape index (κ2) is 7.91. The zero-order valence-electron chi connectivity index (χ0n) is 14.1. The number of hydrogen-bond donors (Lipinski definition) is 2. The molecular formula is C16H21N3O6. The van der Waals surface area contributed by atoms with Gasteiger partial charge in [0, 0.05) is 6.04 Å². The van der Waals surface area contributed by atoms with Gasteiger partial charge in [0.05, 0.1) is 11.8 Å². The third-order valence-corrected chi connectivity index (χ3v) is 3.92. The third kappa shape index (κ3) is 4.65. The molecule has 1 saturated heterocycles. The number of rotatable bonds is 5. The van der Waals surface area contributed by atoms with Crippen LogP contribution in [0.5, 0.6) is 0 Å². The largest absolute Gasteiger partial charge is 0.454 e. The normalized spacial score (nSPS) is 22.0. The molecule has 0 unspecified atom stereocenters. The number of fused-ring (bicyclic) bond motifs is 1. The summed E-state index contributed by atoms with van der Waals surface area (Å²) in [5.74, 6) is -3.31. The molecule has 9 heteroatoms. The Morgan fingerprint density at radius 1 is 1.16 bits per heavy atom. The molecule has 2 rings (SSSR count). The van der Waals surface area contributed by atoms with E-state index < -0.39 is 54.7 Å². The number of nitrogens with one attached hydrogen (secondary N) is 2. The first-order chi connectivity index (χ1) is 11.8. The molecule has 1 aliphatic carbocycles. The van der Waals surface area contributed by atoms with Crippen LogP contribution in [0.1, 0.15) is 26.7 Å². The van der Waals surface area contributed by atoms with Crippen LogP contribution in [0.15, 0.2) is 12.2 Å². The number of hydrogen-bond acceptors (Lipinski definition) is 6. The summed E-state index contributed by atoms with van der Waals surface area (Å²) in [4.78, 5) is 59.9. The maximum Gasteiger partial charge on any atom is 0.326 e. The molecule has 0 aromatic heterocycles. The summed E-state index contributed by atoms with van der Waals surface area (Å²) in [6.45, 7) is 2.24. The predicted octanol–water partition coefficient (Wildman–Crippen LogP) is -0.285. The van der Waals surface area contributed by atoms with Crippen LogP contribution in [0, 0.1) is 11.8 Å². The summed E-state index contributed by atoms with van der Waals surface area (Å²) in [5, 5.41) is 4.44. The van der Waals surface area contributed by atoms with Gasteiger partial charge in [-0.1, -0.05) is 12.2 Å². The summed E-state index contributed by atoms with van der Waals surface area (Å²) < 4.78 is 4.73. The summed E-state index contributed by atoms with van der Waals surface area (Å²) in [6, 6.07) is -0.849. The molecule has 0 aromatic rings. The number of likely N-dealkylation sites (tertiary alicyclic amines) is 1. The first-order valence-corrected chi connectivity index (χ1v) is 8.05. The lowest BCUT2D eigenvalue weighted by Crippen LogP contribution is -2.44. The molecule has 1 aliphatic heterocycles. The zero-order chi connectivity index (χ0) is 18.6. The molecule has 2 N–H and O–H groups in total. The molecule has 0 radical (unpaired) electrons. The van der Waals surface area contributed by atoms with Crippen molar-refractivity contribution in [2.45, 2.75) is 32.7 Å². The van der Waals surface area contributed by atoms with Gasteiger partial charge in [-0.3, -0.25) is 29.4 Å². The molecule has 2 aliphatic rings. The molecule has 25 heavy (non-hydrogen) atoms. The van der Waals surface area contributed by atoms with Crippen molar-refractivity contribution in [1.29, 1.82) is 0 Å². The lowest BCUT2D eigenvalue weighted by atomic mass is 9.85. The van der Waals surface area contributed by atoms with Crippen LogP contribution < -0.4 is 10.6 Å². The first kappa shape index (κ1) is 18.6. The third-order valence-electron chi connectivity index (χ3n) is 3.92. The van der Waals surface area contributed by atoms with E-state index in [2.05, 4.69) is 5.32 Å². The van der Waals surface area contributed by atoms with Crippen LogP contribution in [-0.2, 0) is 23.9 Å². The van der Waals surface area contributed by atoms with E-state index in [1.54, 1.807) is 13.8 Å². The molecule has 0 saturated carbocycles. The Morgan fingerprint density at radius 3 is 2.24 bits per heavy atom. The Bertz CT molecular complexity index is 601. The average molecular weight is 351 g/mol. The van der Waals surface area contributed by atoms with Gasteiger partial charge in [-0.25, -0.2) is 4.79 Å². The van der Waals surface area contributed by atoms with E-state index in [-0.39, 0.29) is 6.04 Å². The van der Waals surface area contributed by atoms with Crippen molar-refractivity contribution in [3.05, 3.63) is 12.2 Å². The SMILES string of the molecule is CC(C)NC(=O)NC(=O)COC(=O)CN1C(=O)[C@H]2CC=CC[C@@H]2C1=O. The number of imide groups is 2. The van der Waals surface area contributed by atoms with Gasteiger partial charge in [-0.15, -0.1) is 0 Å². The molecule has 2 atom stereocenters. The van der Waals surface area contributed by atoms with Crippen LogP contribution in [0.25, 0.3) is 0 Å². The van der Waals surface area contributed by atoms with E-state index in [1.807, 2.05) is 17.5 Å². The molecule has 5 amide bonds. The Hall–Kier alpha value is -2.71. The number of esters is 1. The highest BCUT2D eigenvalue weighted by Gasteiger charge is 2.47. The summed E-state index contributed by atoms with van der Waals surface area (Å²) in [6.07, 6.45) is 4.66. The minimum Gasteiger partial charge on any atom is -0.454 e. The van der Waals surface area contributed by atoms with Crippen LogP contribution in [0.4, 0.5) is 4.79 Å². The molecule has 9 nitrogen and oxygen atoms in total. The van der Waals surface area contributed by atoms with E-state index in [1.165, 1.54) is 0 Å². The lowest BCUT2D eigenvalue weighted by molar-refractivity contribution is -0.154. The monoisotopic (exact) mass is 351 g/mol. The number of ether oxygens (including phenoxy) is 1. The fraction of sp³-hybridized carbons (Fsp3) is 0.562. The number of carbonyl (C=O) groups excluding carboxylic acids is 5. The van der Waals surface area contributed by atoms with Crippen LogP contribution in [-0.4, -0.2) is 53.8 Å². The van der Waals surface area contributed by atoms with Crippen molar-refractivity contribution in [2.75, 3.05) is 13.2 Å². The van der Waals surface area contributed by atoms with Gasteiger partial charge >= 0.3 is 12.0 Å². The standard InChI is InChI=1S/C16H21N3O6/c1-9(2)17-16(24)18-12(20)8-25-13(21)7-19-14(22)10-5-3-4-6-11(10)15(19)23/h3-4,9-11H,5-8H2,1-2H3,(H2,17,18,20,24)/t10-,11-/m0/s1. The van der Waals surface area contributed by atoms with Gasteiger partial charge in [0.2, 0.25) is 11.8 Å². The maximum atomic E-state index is 12.2. The van der Waals surface area contributed by atoms with Crippen molar-refractivity contribution in [2.24, 2.45) is 11.8 Å². The Morgan fingerprint density at radius 2 is 1.72 bits per heavy atom. The topological polar surface area (TPSA) is 122 Å². The van der Waals surface area contributed by atoms with Gasteiger partial charge in [0.1, 0.15) is 6.54 Å². The smallest absolute Gasteiger partial charge is 0.326 e. The average Bonchev–Trinajstić information content (AvgIpc) is 2.77. The molecule has 0 bridgehead atoms. The highest BCUT2D eigenvalue weighted by Crippen LogP contribution is 2.34. The van der Waals surface area contributed by atoms with Gasteiger partial charge in [-0.05, 0) is 26.7 Å². The number of nitrogens with zero attached hydrogens (tertiary/aromatic N) is 1. The number of carbonyl (C=O) groups is 5. The Kier molecular flexibility index (Phi) is 5.89. The zero-order valence-corrected chi connectivity index (χ0v) is 14.1.